The van der Waals surface area contributed by atoms with E-state index in [-0.39, 0.29) is 0 Å². The molecule has 0 N–H and O–H groups in total. The van der Waals surface area contributed by atoms with E-state index in [1.807, 2.05) is 12.1 Å². The molecule has 1 heterocycles. The van der Waals surface area contributed by atoms with E-state index in [0.717, 1.165) is 33.1 Å². The van der Waals surface area contributed by atoms with E-state index in [1.54, 1.807) is 0 Å². The Hall–Kier alpha value is -5.40. The van der Waals surface area contributed by atoms with Gasteiger partial charge < -0.3 is 4.42 Å². The van der Waals surface area contributed by atoms with Crippen molar-refractivity contribution >= 4 is 54.3 Å². The normalized spacial score (nSPS) is 12.0. The summed E-state index contributed by atoms with van der Waals surface area (Å²) in [5, 5.41) is 10.1. The zero-order valence-corrected chi connectivity index (χ0v) is 24.1. The minimum absolute atomic E-state index is 0.924. The number of furan rings is 1. The number of rotatable bonds is 3. The Balaban J connectivity index is 1.26. The minimum atomic E-state index is 0.924. The maximum atomic E-state index is 6.39. The molecule has 0 aliphatic carbocycles. The van der Waals surface area contributed by atoms with Gasteiger partial charge in [0.05, 0.1) is 0 Å². The maximum absolute atomic E-state index is 6.39. The Morgan fingerprint density at radius 3 is 1.84 bits per heavy atom. The first-order valence-electron chi connectivity index (χ1n) is 14.9. The van der Waals surface area contributed by atoms with E-state index in [0.29, 0.717) is 0 Å². The van der Waals surface area contributed by atoms with Gasteiger partial charge in [0.2, 0.25) is 0 Å². The third kappa shape index (κ3) is 3.58. The fraction of sp³-hybridized carbons (Fsp3) is 0.0476. The van der Waals surface area contributed by atoms with Crippen LogP contribution in [0.25, 0.3) is 87.6 Å². The van der Waals surface area contributed by atoms with Crippen molar-refractivity contribution in [3.63, 3.8) is 0 Å². The Morgan fingerprint density at radius 1 is 0.419 bits per heavy atom. The molecule has 0 saturated heterocycles. The summed E-state index contributed by atoms with van der Waals surface area (Å²) >= 11 is 0. The third-order valence-corrected chi connectivity index (χ3v) is 9.23. The molecule has 0 spiro atoms. The molecule has 1 nitrogen and oxygen atoms in total. The molecular weight excluding hydrogens is 520 g/mol. The van der Waals surface area contributed by atoms with Crippen molar-refractivity contribution in [3.8, 4) is 33.4 Å². The third-order valence-electron chi connectivity index (χ3n) is 9.23. The fourth-order valence-electron chi connectivity index (χ4n) is 7.23. The Kier molecular flexibility index (Phi) is 5.10. The Bertz CT molecular complexity index is 2530. The van der Waals surface area contributed by atoms with Gasteiger partial charge in [-0.1, -0.05) is 127 Å². The molecule has 0 amide bonds. The van der Waals surface area contributed by atoms with Crippen molar-refractivity contribution in [1.82, 2.24) is 0 Å². The van der Waals surface area contributed by atoms with Gasteiger partial charge in [-0.05, 0) is 91.7 Å². The number of benzene rings is 8. The van der Waals surface area contributed by atoms with E-state index >= 15 is 0 Å². The molecular formula is C42H28O. The quantitative estimate of drug-likeness (QED) is 0.200. The Labute approximate surface area is 250 Å². The molecule has 202 valence electrons. The van der Waals surface area contributed by atoms with E-state index in [1.165, 1.54) is 65.7 Å². The summed E-state index contributed by atoms with van der Waals surface area (Å²) in [6, 6.07) is 48.8. The van der Waals surface area contributed by atoms with Crippen molar-refractivity contribution in [2.24, 2.45) is 0 Å². The van der Waals surface area contributed by atoms with Crippen LogP contribution in [0.2, 0.25) is 0 Å². The summed E-state index contributed by atoms with van der Waals surface area (Å²) < 4.78 is 6.39. The maximum Gasteiger partial charge on any atom is 0.143 e. The average molecular weight is 549 g/mol. The highest BCUT2D eigenvalue weighted by Gasteiger charge is 2.17. The molecule has 0 fully saturated rings. The largest absolute Gasteiger partial charge is 0.455 e. The SMILES string of the molecule is Cc1ccc(-c2ccc3ccc4c(-c5cccc(-c6cccc7c6oc6ccccc67)c5)ccc5ccc2c3c54)c(C)c1. The number of fused-ring (bicyclic) bond motifs is 3. The predicted octanol–water partition coefficient (Wildman–Crippen LogP) is 12.1. The predicted molar refractivity (Wildman–Crippen MR) is 183 cm³/mol. The Morgan fingerprint density at radius 2 is 1.05 bits per heavy atom. The highest BCUT2D eigenvalue weighted by Crippen LogP contribution is 2.44. The summed E-state index contributed by atoms with van der Waals surface area (Å²) in [7, 11) is 0. The van der Waals surface area contributed by atoms with Crippen LogP contribution in [0, 0.1) is 13.8 Å². The van der Waals surface area contributed by atoms with Crippen molar-refractivity contribution in [1.29, 1.82) is 0 Å². The lowest BCUT2D eigenvalue weighted by atomic mass is 9.86. The summed E-state index contributed by atoms with van der Waals surface area (Å²) in [5.41, 5.74) is 11.8. The molecule has 43 heavy (non-hydrogen) atoms. The smallest absolute Gasteiger partial charge is 0.143 e. The second-order valence-corrected chi connectivity index (χ2v) is 11.8. The molecule has 8 aromatic carbocycles. The monoisotopic (exact) mass is 548 g/mol. The zero-order chi connectivity index (χ0) is 28.7. The molecule has 9 rings (SSSR count). The van der Waals surface area contributed by atoms with Crippen LogP contribution in [-0.2, 0) is 0 Å². The van der Waals surface area contributed by atoms with Crippen LogP contribution in [0.4, 0.5) is 0 Å². The standard InChI is InChI=1S/C42H28O/c1-25-13-18-31(26(2)23-25)34-20-15-28-16-21-36-32(19-14-27-17-22-37(34)41(28)40(27)36)29-7-5-8-30(24-29)33-10-6-11-38-35-9-3-4-12-39(35)43-42(33)38/h3-24H,1-2H3. The zero-order valence-electron chi connectivity index (χ0n) is 24.1. The first-order valence-corrected chi connectivity index (χ1v) is 14.9. The van der Waals surface area contributed by atoms with E-state index in [9.17, 15) is 0 Å². The second kappa shape index (κ2) is 9.05. The van der Waals surface area contributed by atoms with Crippen LogP contribution in [-0.4, -0.2) is 0 Å². The van der Waals surface area contributed by atoms with Gasteiger partial charge in [-0.25, -0.2) is 0 Å². The molecule has 0 unspecified atom stereocenters. The number of aryl methyl sites for hydroxylation is 2. The van der Waals surface area contributed by atoms with Gasteiger partial charge in [-0.2, -0.15) is 0 Å². The second-order valence-electron chi connectivity index (χ2n) is 11.8. The van der Waals surface area contributed by atoms with E-state index < -0.39 is 0 Å². The first kappa shape index (κ1) is 24.2. The lowest BCUT2D eigenvalue weighted by molar-refractivity contribution is 0.670. The van der Waals surface area contributed by atoms with Gasteiger partial charge in [-0.15, -0.1) is 0 Å². The van der Waals surface area contributed by atoms with Gasteiger partial charge in [0, 0.05) is 16.3 Å². The fourth-order valence-corrected chi connectivity index (χ4v) is 7.23. The van der Waals surface area contributed by atoms with E-state index in [4.69, 9.17) is 4.42 Å². The lowest BCUT2D eigenvalue weighted by Gasteiger charge is -2.17. The molecule has 0 aliphatic rings. The van der Waals surface area contributed by atoms with Crippen LogP contribution in [0.5, 0.6) is 0 Å². The molecule has 9 aromatic rings. The molecule has 0 saturated carbocycles. The molecule has 1 aromatic heterocycles. The van der Waals surface area contributed by atoms with Crippen LogP contribution < -0.4 is 0 Å². The van der Waals surface area contributed by atoms with Crippen molar-refractivity contribution in [2.45, 2.75) is 13.8 Å². The molecule has 0 radical (unpaired) electrons. The van der Waals surface area contributed by atoms with Crippen molar-refractivity contribution in [2.75, 3.05) is 0 Å². The summed E-state index contributed by atoms with van der Waals surface area (Å²) in [6.45, 7) is 4.38. The number of hydrogen-bond acceptors (Lipinski definition) is 1. The lowest BCUT2D eigenvalue weighted by Crippen LogP contribution is -1.91. The van der Waals surface area contributed by atoms with Crippen LogP contribution in [0.1, 0.15) is 11.1 Å². The topological polar surface area (TPSA) is 13.1 Å². The first-order chi connectivity index (χ1) is 21.1. The van der Waals surface area contributed by atoms with Crippen molar-refractivity contribution in [3.05, 3.63) is 145 Å². The number of para-hydroxylation sites is 2. The molecule has 0 aliphatic heterocycles. The molecule has 0 atom stereocenters. The van der Waals surface area contributed by atoms with Gasteiger partial charge >= 0.3 is 0 Å². The number of hydrogen-bond donors (Lipinski definition) is 0. The van der Waals surface area contributed by atoms with Crippen LogP contribution >= 0.6 is 0 Å². The van der Waals surface area contributed by atoms with Gasteiger partial charge in [0.15, 0.2) is 0 Å². The summed E-state index contributed by atoms with van der Waals surface area (Å²) in [6.07, 6.45) is 0. The highest BCUT2D eigenvalue weighted by molar-refractivity contribution is 6.27. The summed E-state index contributed by atoms with van der Waals surface area (Å²) in [5.74, 6) is 0. The molecule has 0 bridgehead atoms. The summed E-state index contributed by atoms with van der Waals surface area (Å²) in [4.78, 5) is 0. The van der Waals surface area contributed by atoms with Crippen LogP contribution in [0.15, 0.2) is 138 Å². The molecule has 1 heteroatoms. The van der Waals surface area contributed by atoms with Gasteiger partial charge in [0.25, 0.3) is 0 Å². The van der Waals surface area contributed by atoms with E-state index in [2.05, 4.69) is 135 Å². The minimum Gasteiger partial charge on any atom is -0.455 e. The van der Waals surface area contributed by atoms with Crippen molar-refractivity contribution < 1.29 is 4.42 Å². The highest BCUT2D eigenvalue weighted by atomic mass is 16.3. The van der Waals surface area contributed by atoms with Gasteiger partial charge in [-0.3, -0.25) is 0 Å². The van der Waals surface area contributed by atoms with Crippen LogP contribution in [0.3, 0.4) is 0 Å². The van der Waals surface area contributed by atoms with Gasteiger partial charge in [0.1, 0.15) is 11.2 Å². The average Bonchev–Trinajstić information content (AvgIpc) is 3.43.